The number of carbonyl (C=O) groups is 3. The number of carbonyl (C=O) groups excluding carboxylic acids is 3. The summed E-state index contributed by atoms with van der Waals surface area (Å²) in [5.41, 5.74) is 12.5. The third-order valence-corrected chi connectivity index (χ3v) is 6.95. The van der Waals surface area contributed by atoms with Crippen molar-refractivity contribution in [1.29, 1.82) is 0 Å². The van der Waals surface area contributed by atoms with Gasteiger partial charge in [-0.15, -0.1) is 0 Å². The molecule has 0 saturated carbocycles. The molecule has 3 rings (SSSR count). The highest BCUT2D eigenvalue weighted by molar-refractivity contribution is 7.09. The van der Waals surface area contributed by atoms with Crippen LogP contribution < -0.4 is 31.0 Å². The second kappa shape index (κ2) is 14.1. The van der Waals surface area contributed by atoms with Crippen LogP contribution in [-0.2, 0) is 16.0 Å². The van der Waals surface area contributed by atoms with Gasteiger partial charge in [0.25, 0.3) is 11.8 Å². The maximum Gasteiger partial charge on any atom is 0.270 e. The number of anilines is 1. The van der Waals surface area contributed by atoms with E-state index in [1.165, 1.54) is 26.2 Å². The molecule has 214 valence electrons. The van der Waals surface area contributed by atoms with Gasteiger partial charge < -0.3 is 40.6 Å². The topological polar surface area (TPSA) is 168 Å². The van der Waals surface area contributed by atoms with E-state index in [4.69, 9.17) is 30.4 Å². The maximum atomic E-state index is 14.0. The van der Waals surface area contributed by atoms with Crippen LogP contribution in [0.15, 0.2) is 42.5 Å². The summed E-state index contributed by atoms with van der Waals surface area (Å²) in [5.74, 6) is -0.187. The zero-order valence-corrected chi connectivity index (χ0v) is 23.6. The van der Waals surface area contributed by atoms with Crippen molar-refractivity contribution in [2.75, 3.05) is 53.9 Å². The number of rotatable bonds is 14. The molecule has 3 aromatic rings. The van der Waals surface area contributed by atoms with Crippen molar-refractivity contribution in [3.05, 3.63) is 64.2 Å². The predicted octanol–water partition coefficient (Wildman–Crippen LogP) is 2.04. The Kier molecular flexibility index (Phi) is 10.7. The van der Waals surface area contributed by atoms with Crippen LogP contribution in [0.5, 0.6) is 17.2 Å². The van der Waals surface area contributed by atoms with Gasteiger partial charge in [0.1, 0.15) is 16.7 Å². The van der Waals surface area contributed by atoms with E-state index < -0.39 is 23.8 Å². The number of ether oxygens (including phenoxy) is 4. The van der Waals surface area contributed by atoms with Gasteiger partial charge in [0.05, 0.1) is 33.6 Å². The molecule has 0 aliphatic rings. The highest BCUT2D eigenvalue weighted by Crippen LogP contribution is 2.31. The molecule has 0 aliphatic carbocycles. The number of primary amides is 1. The molecule has 40 heavy (non-hydrogen) atoms. The predicted molar refractivity (Wildman–Crippen MR) is 150 cm³/mol. The van der Waals surface area contributed by atoms with Gasteiger partial charge in [0.15, 0.2) is 17.2 Å². The third-order valence-electron chi connectivity index (χ3n) is 6.10. The largest absolute Gasteiger partial charge is 0.497 e. The maximum absolute atomic E-state index is 14.0. The Morgan fingerprint density at radius 1 is 1.00 bits per heavy atom. The average molecular weight is 572 g/mol. The van der Waals surface area contributed by atoms with Crippen molar-refractivity contribution in [2.24, 2.45) is 5.73 Å². The molecule has 0 fully saturated rings. The molecule has 13 heteroatoms. The molecule has 1 aromatic heterocycles. The highest BCUT2D eigenvalue weighted by atomic mass is 32.1. The number of nitrogens with zero attached hydrogens (tertiary/aromatic N) is 2. The molecule has 0 aliphatic heterocycles. The van der Waals surface area contributed by atoms with Crippen molar-refractivity contribution < 1.29 is 33.3 Å². The molecule has 0 bridgehead atoms. The summed E-state index contributed by atoms with van der Waals surface area (Å²) >= 11 is 0.750. The Bertz CT molecular complexity index is 1330. The van der Waals surface area contributed by atoms with Crippen LogP contribution in [0, 0.1) is 0 Å². The molecule has 2 aromatic carbocycles. The quantitative estimate of drug-likeness (QED) is 0.245. The van der Waals surface area contributed by atoms with E-state index in [0.717, 1.165) is 17.1 Å². The number of amides is 3. The minimum absolute atomic E-state index is 0.00400. The molecule has 3 amide bonds. The Labute approximate surface area is 236 Å². The van der Waals surface area contributed by atoms with Gasteiger partial charge in [-0.1, -0.05) is 18.2 Å². The molecule has 12 nitrogen and oxygen atoms in total. The lowest BCUT2D eigenvalue weighted by atomic mass is 10.0. The van der Waals surface area contributed by atoms with E-state index in [9.17, 15) is 14.4 Å². The second-order valence-corrected chi connectivity index (χ2v) is 9.31. The van der Waals surface area contributed by atoms with Gasteiger partial charge in [0.2, 0.25) is 5.91 Å². The van der Waals surface area contributed by atoms with Gasteiger partial charge >= 0.3 is 0 Å². The van der Waals surface area contributed by atoms with Crippen LogP contribution in [-0.4, -0.2) is 75.1 Å². The normalized spacial score (nSPS) is 11.4. The Morgan fingerprint density at radius 3 is 2.27 bits per heavy atom. The summed E-state index contributed by atoms with van der Waals surface area (Å²) < 4.78 is 25.0. The number of aromatic nitrogens is 1. The molecule has 5 N–H and O–H groups in total. The van der Waals surface area contributed by atoms with Gasteiger partial charge in [-0.25, -0.2) is 0 Å². The van der Waals surface area contributed by atoms with Crippen LogP contribution in [0.25, 0.3) is 0 Å². The second-order valence-electron chi connectivity index (χ2n) is 8.54. The molecule has 0 radical (unpaired) electrons. The zero-order chi connectivity index (χ0) is 29.2. The Balaban J connectivity index is 2.07. The fourth-order valence-corrected chi connectivity index (χ4v) is 4.79. The number of methoxy groups -OCH3 is 4. The highest BCUT2D eigenvalue weighted by Gasteiger charge is 2.34. The number of nitrogens with two attached hydrogens (primary N) is 2. The number of hydrogen-bond donors (Lipinski definition) is 3. The van der Waals surface area contributed by atoms with E-state index in [2.05, 4.69) is 9.69 Å². The summed E-state index contributed by atoms with van der Waals surface area (Å²) in [7, 11) is 6.13. The summed E-state index contributed by atoms with van der Waals surface area (Å²) in [4.78, 5) is 40.8. The first-order valence-electron chi connectivity index (χ1n) is 12.2. The van der Waals surface area contributed by atoms with Crippen molar-refractivity contribution in [2.45, 2.75) is 12.5 Å². The lowest BCUT2D eigenvalue weighted by Crippen LogP contribution is -2.45. The lowest BCUT2D eigenvalue weighted by Gasteiger charge is -2.31. The number of hydrogen-bond acceptors (Lipinski definition) is 10. The van der Waals surface area contributed by atoms with Gasteiger partial charge in [-0.2, -0.15) is 4.37 Å². The molecule has 1 heterocycles. The van der Waals surface area contributed by atoms with Crippen molar-refractivity contribution in [3.63, 3.8) is 0 Å². The van der Waals surface area contributed by atoms with Gasteiger partial charge in [-0.05, 0) is 53.3 Å². The molecular formula is C27H33N5O7S. The minimum atomic E-state index is -1.06. The van der Waals surface area contributed by atoms with Crippen molar-refractivity contribution in [1.82, 2.24) is 14.6 Å². The fraction of sp³-hybridized carbons (Fsp3) is 0.333. The van der Waals surface area contributed by atoms with Gasteiger partial charge in [0, 0.05) is 20.2 Å². The van der Waals surface area contributed by atoms with Crippen LogP contribution in [0.3, 0.4) is 0 Å². The van der Waals surface area contributed by atoms with E-state index in [0.29, 0.717) is 29.2 Å². The standard InChI is InChI=1S/C27H33N5O7S/c1-36-14-12-30-26(34)23(17-6-8-18(37-2)9-7-17)32(27(35)24-21(28)22(25(29)33)31-40-24)13-11-16-5-10-19(38-3)20(15-16)39-4/h5-10,15,23H,11-14,28H2,1-4H3,(H2,29,33)(H,30,34)/t23-/m0/s1. The first-order valence-corrected chi connectivity index (χ1v) is 13.0. The SMILES string of the molecule is COCCNC(=O)[C@H](c1ccc(OC)cc1)N(CCc1ccc(OC)c(OC)c1)C(=O)c1snc(C(N)=O)c1N. The van der Waals surface area contributed by atoms with Crippen LogP contribution in [0.4, 0.5) is 5.69 Å². The minimum Gasteiger partial charge on any atom is -0.497 e. The summed E-state index contributed by atoms with van der Waals surface area (Å²) in [5, 5.41) is 2.82. The zero-order valence-electron chi connectivity index (χ0n) is 22.8. The first kappa shape index (κ1) is 30.2. The number of benzene rings is 2. The summed E-state index contributed by atoms with van der Waals surface area (Å²) in [6.45, 7) is 0.616. The molecule has 0 saturated heterocycles. The van der Waals surface area contributed by atoms with Crippen LogP contribution in [0.2, 0.25) is 0 Å². The number of nitrogen functional groups attached to an aromatic ring is 1. The van der Waals surface area contributed by atoms with Gasteiger partial charge in [-0.3, -0.25) is 14.4 Å². The molecule has 1 atom stereocenters. The van der Waals surface area contributed by atoms with Crippen molar-refractivity contribution >= 4 is 34.9 Å². The van der Waals surface area contributed by atoms with E-state index in [1.54, 1.807) is 43.5 Å². The van der Waals surface area contributed by atoms with Crippen molar-refractivity contribution in [3.8, 4) is 17.2 Å². The van der Waals surface area contributed by atoms with Crippen LogP contribution in [0.1, 0.15) is 37.3 Å². The number of nitrogens with one attached hydrogen (secondary N) is 1. The molecular weight excluding hydrogens is 538 g/mol. The first-order chi connectivity index (χ1) is 19.2. The van der Waals surface area contributed by atoms with E-state index in [-0.39, 0.29) is 36.0 Å². The monoisotopic (exact) mass is 571 g/mol. The summed E-state index contributed by atoms with van der Waals surface area (Å²) in [6.07, 6.45) is 0.353. The third kappa shape index (κ3) is 6.98. The fourth-order valence-electron chi connectivity index (χ4n) is 4.03. The van der Waals surface area contributed by atoms with E-state index in [1.807, 2.05) is 6.07 Å². The smallest absolute Gasteiger partial charge is 0.270 e. The Hall–Kier alpha value is -4.36. The average Bonchev–Trinajstić information content (AvgIpc) is 3.36. The van der Waals surface area contributed by atoms with E-state index >= 15 is 0 Å². The summed E-state index contributed by atoms with van der Waals surface area (Å²) in [6, 6.07) is 11.2. The lowest BCUT2D eigenvalue weighted by molar-refractivity contribution is -0.126. The molecule has 0 unspecified atom stereocenters. The Morgan fingerprint density at radius 2 is 1.70 bits per heavy atom. The van der Waals surface area contributed by atoms with Crippen LogP contribution >= 0.6 is 11.5 Å². The molecule has 0 spiro atoms.